The Bertz CT molecular complexity index is 1280. The number of amides is 1. The summed E-state index contributed by atoms with van der Waals surface area (Å²) in [4.78, 5) is 30.4. The van der Waals surface area contributed by atoms with Crippen LogP contribution in [0.15, 0.2) is 77.7 Å². The summed E-state index contributed by atoms with van der Waals surface area (Å²) in [6, 6.07) is 21.1. The number of benzene rings is 2. The third kappa shape index (κ3) is 6.85. The van der Waals surface area contributed by atoms with Crippen molar-refractivity contribution in [1.82, 2.24) is 14.4 Å². The normalized spacial score (nSPS) is 16.9. The summed E-state index contributed by atoms with van der Waals surface area (Å²) in [7, 11) is 0. The van der Waals surface area contributed by atoms with Crippen molar-refractivity contribution in [2.24, 2.45) is 0 Å². The molecule has 0 aliphatic carbocycles. The number of piperidine rings is 1. The molecule has 1 unspecified atom stereocenters. The van der Waals surface area contributed by atoms with Crippen LogP contribution in [0.1, 0.15) is 61.9 Å². The largest absolute Gasteiger partial charge is 0.388 e. The van der Waals surface area contributed by atoms with E-state index < -0.39 is 11.8 Å². The van der Waals surface area contributed by atoms with Crippen LogP contribution in [0.5, 0.6) is 0 Å². The van der Waals surface area contributed by atoms with Gasteiger partial charge in [-0.15, -0.1) is 0 Å². The van der Waals surface area contributed by atoms with E-state index in [2.05, 4.69) is 19.1 Å². The molecule has 1 fully saturated rings. The highest BCUT2D eigenvalue weighted by molar-refractivity contribution is 6.00. The Morgan fingerprint density at radius 1 is 1.00 bits per heavy atom. The molecule has 2 aromatic carbocycles. The number of aliphatic hydroxyl groups excluding tert-OH is 1. The first-order chi connectivity index (χ1) is 18.7. The number of hydrogen-bond acceptors (Lipinski definition) is 5. The standard InChI is InChI=1S/C32H41N3O4/c1-4-33(5-2)31(38)28-22-35(30(37)21-27(28)26-14-10-7-11-15-26)23-32(39)16-18-34(19-17-32)29(36)20-24(3)25-12-8-6-9-13-25/h6-15,21-22,24,29,36,39H,4-5,16-20,23H2,1-3H3/t24-,29?/m1/s1. The number of nitrogens with zero attached hydrogens (tertiary/aromatic N) is 3. The van der Waals surface area contributed by atoms with Crippen LogP contribution < -0.4 is 5.56 Å². The molecule has 208 valence electrons. The average Bonchev–Trinajstić information content (AvgIpc) is 2.95. The molecular formula is C32H41N3O4. The molecule has 2 N–H and O–H groups in total. The van der Waals surface area contributed by atoms with Crippen molar-refractivity contribution in [2.45, 2.75) is 64.3 Å². The van der Waals surface area contributed by atoms with E-state index >= 15 is 0 Å². The molecule has 1 amide bonds. The molecule has 0 spiro atoms. The Morgan fingerprint density at radius 2 is 1.59 bits per heavy atom. The molecule has 3 aromatic rings. The van der Waals surface area contributed by atoms with E-state index in [0.29, 0.717) is 56.6 Å². The topological polar surface area (TPSA) is 86.0 Å². The van der Waals surface area contributed by atoms with Crippen molar-refractivity contribution in [3.63, 3.8) is 0 Å². The van der Waals surface area contributed by atoms with Gasteiger partial charge in [-0.3, -0.25) is 14.5 Å². The molecule has 1 aliphatic heterocycles. The third-order valence-corrected chi connectivity index (χ3v) is 8.04. The smallest absolute Gasteiger partial charge is 0.255 e. The van der Waals surface area contributed by atoms with Crippen molar-refractivity contribution < 1.29 is 15.0 Å². The van der Waals surface area contributed by atoms with E-state index in [1.54, 1.807) is 11.1 Å². The molecule has 0 radical (unpaired) electrons. The fraction of sp³-hybridized carbons (Fsp3) is 0.438. The lowest BCUT2D eigenvalue weighted by atomic mass is 9.89. The Balaban J connectivity index is 1.50. The number of aliphatic hydroxyl groups is 2. The molecule has 4 rings (SSSR count). The summed E-state index contributed by atoms with van der Waals surface area (Å²) in [6.45, 7) is 8.27. The Morgan fingerprint density at radius 3 is 2.18 bits per heavy atom. The van der Waals surface area contributed by atoms with Gasteiger partial charge in [0.05, 0.1) is 17.7 Å². The predicted octanol–water partition coefficient (Wildman–Crippen LogP) is 4.34. The fourth-order valence-corrected chi connectivity index (χ4v) is 5.50. The Kier molecular flexibility index (Phi) is 9.38. The van der Waals surface area contributed by atoms with Gasteiger partial charge in [-0.25, -0.2) is 0 Å². The number of carbonyl (C=O) groups is 1. The molecule has 1 aromatic heterocycles. The summed E-state index contributed by atoms with van der Waals surface area (Å²) in [5.41, 5.74) is 1.70. The second-order valence-electron chi connectivity index (χ2n) is 10.7. The van der Waals surface area contributed by atoms with Crippen LogP contribution in [0.25, 0.3) is 11.1 Å². The monoisotopic (exact) mass is 531 g/mol. The van der Waals surface area contributed by atoms with Gasteiger partial charge in [-0.05, 0) is 50.2 Å². The molecule has 39 heavy (non-hydrogen) atoms. The maximum Gasteiger partial charge on any atom is 0.255 e. The van der Waals surface area contributed by atoms with Gasteiger partial charge in [-0.1, -0.05) is 67.6 Å². The van der Waals surface area contributed by atoms with E-state index in [-0.39, 0.29) is 23.9 Å². The molecule has 1 saturated heterocycles. The molecule has 7 heteroatoms. The molecule has 1 aliphatic rings. The average molecular weight is 532 g/mol. The Hall–Kier alpha value is -3.26. The first-order valence-electron chi connectivity index (χ1n) is 14.0. The third-order valence-electron chi connectivity index (χ3n) is 8.04. The molecule has 0 bridgehead atoms. The first kappa shape index (κ1) is 28.7. The summed E-state index contributed by atoms with van der Waals surface area (Å²) in [5, 5.41) is 22.4. The van der Waals surface area contributed by atoms with Crippen LogP contribution >= 0.6 is 0 Å². The van der Waals surface area contributed by atoms with Crippen molar-refractivity contribution in [2.75, 3.05) is 26.2 Å². The van der Waals surface area contributed by atoms with Crippen molar-refractivity contribution >= 4 is 5.91 Å². The van der Waals surface area contributed by atoms with E-state index in [1.807, 2.05) is 67.3 Å². The second-order valence-corrected chi connectivity index (χ2v) is 10.7. The highest BCUT2D eigenvalue weighted by atomic mass is 16.3. The van der Waals surface area contributed by atoms with Crippen molar-refractivity contribution in [3.8, 4) is 11.1 Å². The highest BCUT2D eigenvalue weighted by Gasteiger charge is 2.35. The molecule has 2 atom stereocenters. The van der Waals surface area contributed by atoms with Crippen LogP contribution in [0, 0.1) is 0 Å². The van der Waals surface area contributed by atoms with Gasteiger partial charge in [0.25, 0.3) is 11.5 Å². The highest BCUT2D eigenvalue weighted by Crippen LogP contribution is 2.29. The zero-order chi connectivity index (χ0) is 28.0. The molecule has 2 heterocycles. The van der Waals surface area contributed by atoms with Gasteiger partial charge in [0, 0.05) is 44.0 Å². The van der Waals surface area contributed by atoms with Crippen molar-refractivity contribution in [3.05, 3.63) is 94.4 Å². The zero-order valence-corrected chi connectivity index (χ0v) is 23.3. The van der Waals surface area contributed by atoms with E-state index in [9.17, 15) is 19.8 Å². The minimum atomic E-state index is -1.10. The number of carbonyl (C=O) groups excluding carboxylic acids is 1. The first-order valence-corrected chi connectivity index (χ1v) is 14.0. The number of hydrogen-bond donors (Lipinski definition) is 2. The summed E-state index contributed by atoms with van der Waals surface area (Å²) < 4.78 is 1.48. The van der Waals surface area contributed by atoms with E-state index in [0.717, 1.165) is 5.56 Å². The lowest BCUT2D eigenvalue weighted by Gasteiger charge is -2.41. The minimum absolute atomic E-state index is 0.101. The maximum atomic E-state index is 13.5. The van der Waals surface area contributed by atoms with Gasteiger partial charge in [0.15, 0.2) is 0 Å². The molecule has 0 saturated carbocycles. The lowest BCUT2D eigenvalue weighted by Crippen LogP contribution is -2.51. The number of pyridine rings is 1. The van der Waals surface area contributed by atoms with Crippen LogP contribution in [0.3, 0.4) is 0 Å². The van der Waals surface area contributed by atoms with Gasteiger partial charge >= 0.3 is 0 Å². The van der Waals surface area contributed by atoms with Gasteiger partial charge in [0.2, 0.25) is 0 Å². The van der Waals surface area contributed by atoms with Gasteiger partial charge < -0.3 is 19.7 Å². The predicted molar refractivity (Wildman–Crippen MR) is 155 cm³/mol. The zero-order valence-electron chi connectivity index (χ0n) is 23.3. The SMILES string of the molecule is CCN(CC)C(=O)c1cn(CC2(O)CCN(C(O)C[C@@H](C)c3ccccc3)CC2)c(=O)cc1-c1ccccc1. The number of aromatic nitrogens is 1. The summed E-state index contributed by atoms with van der Waals surface area (Å²) >= 11 is 0. The molecule has 7 nitrogen and oxygen atoms in total. The van der Waals surface area contributed by atoms with E-state index in [4.69, 9.17) is 0 Å². The number of rotatable bonds is 10. The quantitative estimate of drug-likeness (QED) is 0.407. The van der Waals surface area contributed by atoms with Crippen LogP contribution in [-0.4, -0.2) is 68.5 Å². The minimum Gasteiger partial charge on any atom is -0.388 e. The Labute approximate surface area is 231 Å². The van der Waals surface area contributed by atoms with Crippen LogP contribution in [0.2, 0.25) is 0 Å². The number of likely N-dealkylation sites (tertiary alicyclic amines) is 1. The fourth-order valence-electron chi connectivity index (χ4n) is 5.50. The summed E-state index contributed by atoms with van der Waals surface area (Å²) in [5.74, 6) is 0.0792. The lowest BCUT2D eigenvalue weighted by molar-refractivity contribution is -0.0841. The molecular weight excluding hydrogens is 490 g/mol. The van der Waals surface area contributed by atoms with Crippen molar-refractivity contribution in [1.29, 1.82) is 0 Å². The van der Waals surface area contributed by atoms with E-state index in [1.165, 1.54) is 16.2 Å². The van der Waals surface area contributed by atoms with Crippen LogP contribution in [-0.2, 0) is 6.54 Å². The van der Waals surface area contributed by atoms with Gasteiger partial charge in [0.1, 0.15) is 6.23 Å². The summed E-state index contributed by atoms with van der Waals surface area (Å²) in [6.07, 6.45) is 2.48. The second kappa shape index (κ2) is 12.7. The van der Waals surface area contributed by atoms with Gasteiger partial charge in [-0.2, -0.15) is 0 Å². The van der Waals surface area contributed by atoms with Crippen LogP contribution in [0.4, 0.5) is 0 Å². The maximum absolute atomic E-state index is 13.5.